The SMILES string of the molecule is CC(=O)Nc1ccc(S(=O)(=O)n2cc3c(=O)n(C)c(=O)n(C)c3n2)cc1. The van der Waals surface area contributed by atoms with Gasteiger partial charge in [0.15, 0.2) is 5.65 Å². The smallest absolute Gasteiger partial charge is 0.326 e. The van der Waals surface area contributed by atoms with E-state index in [1.807, 2.05) is 0 Å². The first-order chi connectivity index (χ1) is 12.1. The largest absolute Gasteiger partial charge is 0.332 e. The van der Waals surface area contributed by atoms with E-state index >= 15 is 0 Å². The van der Waals surface area contributed by atoms with E-state index in [1.165, 1.54) is 45.3 Å². The van der Waals surface area contributed by atoms with Gasteiger partial charge in [-0.2, -0.15) is 12.5 Å². The van der Waals surface area contributed by atoms with Crippen LogP contribution in [0.5, 0.6) is 0 Å². The van der Waals surface area contributed by atoms with Gasteiger partial charge in [-0.25, -0.2) is 4.79 Å². The number of rotatable bonds is 3. The zero-order valence-corrected chi connectivity index (χ0v) is 14.9. The van der Waals surface area contributed by atoms with Gasteiger partial charge < -0.3 is 5.32 Å². The Kier molecular flexibility index (Phi) is 4.03. The van der Waals surface area contributed by atoms with Crippen LogP contribution in [0.1, 0.15) is 6.92 Å². The van der Waals surface area contributed by atoms with E-state index in [0.29, 0.717) is 9.77 Å². The quantitative estimate of drug-likeness (QED) is 0.664. The predicted octanol–water partition coefficient (Wildman–Crippen LogP) is -0.371. The highest BCUT2D eigenvalue weighted by Gasteiger charge is 2.21. The average Bonchev–Trinajstić information content (AvgIpc) is 3.04. The van der Waals surface area contributed by atoms with E-state index in [2.05, 4.69) is 10.4 Å². The number of hydrogen-bond acceptors (Lipinski definition) is 6. The molecule has 0 spiro atoms. The average molecular weight is 377 g/mol. The summed E-state index contributed by atoms with van der Waals surface area (Å²) in [4.78, 5) is 35.1. The van der Waals surface area contributed by atoms with Crippen molar-refractivity contribution in [3.63, 3.8) is 0 Å². The minimum Gasteiger partial charge on any atom is -0.326 e. The number of hydrogen-bond donors (Lipinski definition) is 1. The van der Waals surface area contributed by atoms with Gasteiger partial charge in [-0.15, -0.1) is 5.10 Å². The van der Waals surface area contributed by atoms with Crippen molar-refractivity contribution in [3.8, 4) is 0 Å². The van der Waals surface area contributed by atoms with Crippen molar-refractivity contribution in [1.82, 2.24) is 18.3 Å². The van der Waals surface area contributed by atoms with E-state index in [-0.39, 0.29) is 21.8 Å². The van der Waals surface area contributed by atoms with Crippen LogP contribution < -0.4 is 16.6 Å². The zero-order valence-electron chi connectivity index (χ0n) is 14.1. The van der Waals surface area contributed by atoms with E-state index in [0.717, 1.165) is 15.3 Å². The molecule has 10 nitrogen and oxygen atoms in total. The molecule has 0 aliphatic carbocycles. The predicted molar refractivity (Wildman–Crippen MR) is 93.5 cm³/mol. The first-order valence-corrected chi connectivity index (χ1v) is 8.85. The van der Waals surface area contributed by atoms with Gasteiger partial charge in [-0.1, -0.05) is 0 Å². The standard InChI is InChI=1S/C15H15N5O5S/c1-9(21)16-10-4-6-11(7-5-10)26(24,25)20-8-12-13(17-20)18(2)15(23)19(3)14(12)22/h4-8H,1-3H3,(H,16,21). The Balaban J connectivity index is 2.15. The maximum Gasteiger partial charge on any atom is 0.332 e. The molecule has 0 saturated heterocycles. The number of fused-ring (bicyclic) bond motifs is 1. The molecule has 2 aromatic heterocycles. The summed E-state index contributed by atoms with van der Waals surface area (Å²) in [7, 11) is -1.37. The van der Waals surface area contributed by atoms with Gasteiger partial charge in [0.05, 0.1) is 11.1 Å². The fraction of sp³-hybridized carbons (Fsp3) is 0.200. The lowest BCUT2D eigenvalue weighted by Crippen LogP contribution is -2.36. The summed E-state index contributed by atoms with van der Waals surface area (Å²) >= 11 is 0. The van der Waals surface area contributed by atoms with Crippen LogP contribution >= 0.6 is 0 Å². The molecule has 1 N–H and O–H groups in total. The number of anilines is 1. The number of aromatic nitrogens is 4. The van der Waals surface area contributed by atoms with Gasteiger partial charge in [-0.3, -0.25) is 18.7 Å². The third kappa shape index (κ3) is 2.71. The Morgan fingerprint density at radius 1 is 1.08 bits per heavy atom. The summed E-state index contributed by atoms with van der Waals surface area (Å²) in [5.41, 5.74) is -0.828. The highest BCUT2D eigenvalue weighted by atomic mass is 32.2. The molecule has 1 aromatic carbocycles. The molecule has 0 bridgehead atoms. The molecule has 0 saturated carbocycles. The topological polar surface area (TPSA) is 125 Å². The summed E-state index contributed by atoms with van der Waals surface area (Å²) in [5, 5.41) is 6.44. The minimum absolute atomic E-state index is 0.00745. The van der Waals surface area contributed by atoms with Crippen LogP contribution in [0.4, 0.5) is 5.69 Å². The first-order valence-electron chi connectivity index (χ1n) is 7.41. The summed E-state index contributed by atoms with van der Waals surface area (Å²) in [6, 6.07) is 5.49. The molecular weight excluding hydrogens is 362 g/mol. The van der Waals surface area contributed by atoms with Gasteiger partial charge >= 0.3 is 5.69 Å². The number of carbonyl (C=O) groups excluding carboxylic acids is 1. The van der Waals surface area contributed by atoms with Crippen molar-refractivity contribution in [1.29, 1.82) is 0 Å². The summed E-state index contributed by atoms with van der Waals surface area (Å²) < 4.78 is 28.1. The van der Waals surface area contributed by atoms with Crippen LogP contribution in [0.3, 0.4) is 0 Å². The molecule has 0 fully saturated rings. The van der Waals surface area contributed by atoms with Crippen molar-refractivity contribution < 1.29 is 13.2 Å². The lowest BCUT2D eigenvalue weighted by molar-refractivity contribution is -0.114. The third-order valence-corrected chi connectivity index (χ3v) is 5.37. The highest BCUT2D eigenvalue weighted by Crippen LogP contribution is 2.18. The normalized spacial score (nSPS) is 11.7. The maximum atomic E-state index is 12.7. The molecule has 3 rings (SSSR count). The molecule has 0 aliphatic rings. The van der Waals surface area contributed by atoms with Crippen LogP contribution in [0.2, 0.25) is 0 Å². The van der Waals surface area contributed by atoms with Crippen LogP contribution in [-0.4, -0.2) is 32.6 Å². The first kappa shape index (κ1) is 17.6. The van der Waals surface area contributed by atoms with E-state index in [9.17, 15) is 22.8 Å². The van der Waals surface area contributed by atoms with E-state index in [1.54, 1.807) is 0 Å². The van der Waals surface area contributed by atoms with E-state index in [4.69, 9.17) is 0 Å². The zero-order chi connectivity index (χ0) is 19.2. The number of benzene rings is 1. The Labute approximate surface area is 147 Å². The van der Waals surface area contributed by atoms with Gasteiger partial charge in [-0.05, 0) is 24.3 Å². The second kappa shape index (κ2) is 5.95. The molecule has 0 aliphatic heterocycles. The molecule has 11 heteroatoms. The fourth-order valence-corrected chi connectivity index (χ4v) is 3.60. The Hall–Kier alpha value is -3.21. The van der Waals surface area contributed by atoms with Crippen LogP contribution in [0.15, 0.2) is 44.9 Å². The number of amides is 1. The fourth-order valence-electron chi connectivity index (χ4n) is 2.47. The second-order valence-corrected chi connectivity index (χ2v) is 7.45. The maximum absolute atomic E-state index is 12.7. The van der Waals surface area contributed by atoms with Gasteiger partial charge in [0.2, 0.25) is 5.91 Å². The monoisotopic (exact) mass is 377 g/mol. The van der Waals surface area contributed by atoms with E-state index < -0.39 is 21.3 Å². The number of aryl methyl sites for hydroxylation is 1. The molecule has 3 aromatic rings. The van der Waals surface area contributed by atoms with Crippen molar-refractivity contribution in [3.05, 3.63) is 51.3 Å². The van der Waals surface area contributed by atoms with Crippen molar-refractivity contribution >= 4 is 32.7 Å². The molecular formula is C15H15N5O5S. The van der Waals surface area contributed by atoms with Crippen molar-refractivity contribution in [2.75, 3.05) is 5.32 Å². The lowest BCUT2D eigenvalue weighted by Gasteiger charge is -2.06. The van der Waals surface area contributed by atoms with Gasteiger partial charge in [0.1, 0.15) is 5.39 Å². The third-order valence-electron chi connectivity index (χ3n) is 3.82. The Morgan fingerprint density at radius 3 is 2.27 bits per heavy atom. The van der Waals surface area contributed by atoms with Crippen molar-refractivity contribution in [2.24, 2.45) is 14.1 Å². The van der Waals surface area contributed by atoms with Crippen LogP contribution in [0.25, 0.3) is 11.0 Å². The molecule has 0 unspecified atom stereocenters. The minimum atomic E-state index is -4.08. The molecule has 26 heavy (non-hydrogen) atoms. The van der Waals surface area contributed by atoms with Gasteiger partial charge in [0.25, 0.3) is 15.6 Å². The Bertz CT molecular complexity index is 1250. The van der Waals surface area contributed by atoms with Crippen LogP contribution in [-0.2, 0) is 28.9 Å². The lowest BCUT2D eigenvalue weighted by atomic mass is 10.3. The number of carbonyl (C=O) groups is 1. The number of nitrogens with zero attached hydrogens (tertiary/aromatic N) is 4. The van der Waals surface area contributed by atoms with Crippen molar-refractivity contribution in [2.45, 2.75) is 11.8 Å². The molecule has 2 heterocycles. The molecule has 0 atom stereocenters. The summed E-state index contributed by atoms with van der Waals surface area (Å²) in [6.45, 7) is 1.34. The summed E-state index contributed by atoms with van der Waals surface area (Å²) in [5.74, 6) is -0.282. The van der Waals surface area contributed by atoms with Gasteiger partial charge in [0, 0.05) is 26.7 Å². The Morgan fingerprint density at radius 2 is 1.69 bits per heavy atom. The highest BCUT2D eigenvalue weighted by molar-refractivity contribution is 7.89. The number of nitrogens with one attached hydrogen (secondary N) is 1. The molecule has 136 valence electrons. The molecule has 1 amide bonds. The second-order valence-electron chi connectivity index (χ2n) is 5.66. The molecule has 0 radical (unpaired) electrons. The van der Waals surface area contributed by atoms with Crippen LogP contribution in [0, 0.1) is 0 Å². The summed E-state index contributed by atoms with van der Waals surface area (Å²) in [6.07, 6.45) is 1.08.